The number of alkyl halides is 3. The summed E-state index contributed by atoms with van der Waals surface area (Å²) < 4.78 is 66.8. The number of sulfonamides is 1. The molecule has 0 amide bonds. The zero-order valence-electron chi connectivity index (χ0n) is 16.9. The summed E-state index contributed by atoms with van der Waals surface area (Å²) >= 11 is 0. The van der Waals surface area contributed by atoms with Gasteiger partial charge in [-0.05, 0) is 43.4 Å². The van der Waals surface area contributed by atoms with Crippen molar-refractivity contribution in [3.63, 3.8) is 0 Å². The highest BCUT2D eigenvalue weighted by Gasteiger charge is 2.50. The first kappa shape index (κ1) is 26.8. The Bertz CT molecular complexity index is 798. The van der Waals surface area contributed by atoms with E-state index in [2.05, 4.69) is 15.6 Å². The Hall–Kier alpha value is -1.28. The van der Waals surface area contributed by atoms with Gasteiger partial charge < -0.3 is 15.4 Å². The summed E-state index contributed by atoms with van der Waals surface area (Å²) in [5.41, 5.74) is -4.23. The van der Waals surface area contributed by atoms with Crippen LogP contribution in [0.25, 0.3) is 0 Å². The smallest absolute Gasteiger partial charge is 0.494 e. The second-order valence-corrected chi connectivity index (χ2v) is 8.61. The average molecular weight is 564 g/mol. The third kappa shape index (κ3) is 7.45. The molecule has 1 aromatic carbocycles. The second kappa shape index (κ2) is 11.9. The predicted octanol–water partition coefficient (Wildman–Crippen LogP) is 2.93. The lowest BCUT2D eigenvalue weighted by molar-refractivity contribution is -0.0496. The van der Waals surface area contributed by atoms with Gasteiger partial charge in [0.1, 0.15) is 5.75 Å². The van der Waals surface area contributed by atoms with E-state index in [4.69, 9.17) is 4.74 Å². The van der Waals surface area contributed by atoms with Crippen LogP contribution in [0.15, 0.2) is 29.3 Å². The van der Waals surface area contributed by atoms with E-state index in [-0.39, 0.29) is 43.0 Å². The first-order chi connectivity index (χ1) is 13.7. The van der Waals surface area contributed by atoms with E-state index in [1.54, 1.807) is 7.05 Å². The van der Waals surface area contributed by atoms with Crippen molar-refractivity contribution in [3.05, 3.63) is 29.8 Å². The van der Waals surface area contributed by atoms with Gasteiger partial charge in [-0.2, -0.15) is 17.5 Å². The van der Waals surface area contributed by atoms with Gasteiger partial charge in [0.25, 0.3) is 0 Å². The highest BCUT2D eigenvalue weighted by Crippen LogP contribution is 2.30. The van der Waals surface area contributed by atoms with E-state index in [9.17, 15) is 21.6 Å². The van der Waals surface area contributed by atoms with Gasteiger partial charge >= 0.3 is 15.5 Å². The Kier molecular flexibility index (Phi) is 10.6. The Morgan fingerprint density at radius 2 is 1.93 bits per heavy atom. The van der Waals surface area contributed by atoms with Crippen LogP contribution in [0.1, 0.15) is 25.3 Å². The molecule has 0 spiro atoms. The molecule has 172 valence electrons. The van der Waals surface area contributed by atoms with Gasteiger partial charge in [-0.3, -0.25) is 4.99 Å². The Morgan fingerprint density at radius 3 is 2.50 bits per heavy atom. The molecule has 1 aromatic rings. The Morgan fingerprint density at radius 1 is 1.27 bits per heavy atom. The zero-order valence-corrected chi connectivity index (χ0v) is 20.1. The molecule has 30 heavy (non-hydrogen) atoms. The summed E-state index contributed by atoms with van der Waals surface area (Å²) in [7, 11) is -3.61. The zero-order chi connectivity index (χ0) is 21.5. The summed E-state index contributed by atoms with van der Waals surface area (Å²) in [6.07, 6.45) is 0.714. The molecule has 0 aromatic heterocycles. The largest absolute Gasteiger partial charge is 0.511 e. The lowest BCUT2D eigenvalue weighted by atomic mass is 9.98. The van der Waals surface area contributed by atoms with Crippen LogP contribution in [0, 0.1) is 5.92 Å². The molecule has 0 atom stereocenters. The molecule has 1 fully saturated rings. The fourth-order valence-corrected chi connectivity index (χ4v) is 4.04. The average Bonchev–Trinajstić information content (AvgIpc) is 2.68. The normalized spacial score (nSPS) is 16.6. The van der Waals surface area contributed by atoms with Crippen molar-refractivity contribution < 1.29 is 26.3 Å². The van der Waals surface area contributed by atoms with Gasteiger partial charge in [0.05, 0.1) is 6.61 Å². The van der Waals surface area contributed by atoms with Gasteiger partial charge in [0, 0.05) is 33.2 Å². The van der Waals surface area contributed by atoms with Crippen molar-refractivity contribution >= 4 is 40.0 Å². The van der Waals surface area contributed by atoms with Gasteiger partial charge in [0.15, 0.2) is 5.96 Å². The molecule has 1 aliphatic heterocycles. The number of rotatable bonds is 7. The third-order valence-corrected chi connectivity index (χ3v) is 6.29. The molecular formula is C18H28F3IN4O3S. The number of ether oxygens (including phenoxy) is 1. The van der Waals surface area contributed by atoms with Crippen LogP contribution in [-0.4, -0.2) is 57.5 Å². The van der Waals surface area contributed by atoms with E-state index in [0.717, 1.165) is 11.3 Å². The van der Waals surface area contributed by atoms with Crippen molar-refractivity contribution in [2.45, 2.75) is 31.8 Å². The number of aliphatic imine (C=N–C) groups is 1. The number of hydrogen-bond donors (Lipinski definition) is 2. The van der Waals surface area contributed by atoms with Crippen LogP contribution in [0.5, 0.6) is 5.75 Å². The summed E-state index contributed by atoms with van der Waals surface area (Å²) in [6.45, 7) is 3.26. The van der Waals surface area contributed by atoms with Crippen molar-refractivity contribution in [1.29, 1.82) is 0 Å². The summed E-state index contributed by atoms with van der Waals surface area (Å²) in [5.74, 6) is 1.42. The van der Waals surface area contributed by atoms with E-state index in [0.29, 0.717) is 42.8 Å². The van der Waals surface area contributed by atoms with Crippen LogP contribution >= 0.6 is 24.0 Å². The minimum Gasteiger partial charge on any atom is -0.494 e. The molecule has 7 nitrogen and oxygen atoms in total. The number of guanidine groups is 1. The minimum atomic E-state index is -5.25. The number of benzene rings is 1. The maximum absolute atomic E-state index is 12.6. The topological polar surface area (TPSA) is 83.0 Å². The third-order valence-electron chi connectivity index (χ3n) is 4.66. The number of hydrogen-bond acceptors (Lipinski definition) is 4. The fraction of sp³-hybridized carbons (Fsp3) is 0.611. The van der Waals surface area contributed by atoms with Gasteiger partial charge in [-0.15, -0.1) is 24.0 Å². The molecule has 12 heteroatoms. The fourth-order valence-electron chi connectivity index (χ4n) is 3.06. The standard InChI is InChI=1S/C18H27F3N4O3S.HI/c1-3-28-16-6-4-5-15(11-16)13-24-17(22-2)23-12-14-7-9-25(10-8-14)29(26,27)18(19,20)21;/h4-6,11,14H,3,7-10,12-13H2,1-2H3,(H2,22,23,24);1H. The second-order valence-electron chi connectivity index (χ2n) is 6.68. The minimum absolute atomic E-state index is 0. The van der Waals surface area contributed by atoms with Crippen LogP contribution in [0.3, 0.4) is 0 Å². The summed E-state index contributed by atoms with van der Waals surface area (Å²) in [6, 6.07) is 7.67. The maximum Gasteiger partial charge on any atom is 0.511 e. The van der Waals surface area contributed by atoms with Crippen LogP contribution in [0.4, 0.5) is 13.2 Å². The molecule has 1 heterocycles. The van der Waals surface area contributed by atoms with E-state index >= 15 is 0 Å². The quantitative estimate of drug-likeness (QED) is 0.303. The van der Waals surface area contributed by atoms with Crippen molar-refractivity contribution in [3.8, 4) is 5.75 Å². The molecule has 0 radical (unpaired) electrons. The van der Waals surface area contributed by atoms with E-state index < -0.39 is 15.5 Å². The molecular weight excluding hydrogens is 536 g/mol. The number of piperidine rings is 1. The SMILES string of the molecule is CCOc1cccc(CNC(=NC)NCC2CCN(S(=O)(=O)C(F)(F)F)CC2)c1.I. The number of nitrogens with one attached hydrogen (secondary N) is 2. The van der Waals surface area contributed by atoms with E-state index in [1.807, 2.05) is 31.2 Å². The highest BCUT2D eigenvalue weighted by atomic mass is 127. The summed E-state index contributed by atoms with van der Waals surface area (Å²) in [5, 5.41) is 6.33. The van der Waals surface area contributed by atoms with Gasteiger partial charge in [0.2, 0.25) is 0 Å². The predicted molar refractivity (Wildman–Crippen MR) is 120 cm³/mol. The lowest BCUT2D eigenvalue weighted by Crippen LogP contribution is -2.47. The van der Waals surface area contributed by atoms with E-state index in [1.165, 1.54) is 0 Å². The molecule has 0 unspecified atom stereocenters. The van der Waals surface area contributed by atoms with Crippen molar-refractivity contribution in [2.24, 2.45) is 10.9 Å². The first-order valence-corrected chi connectivity index (χ1v) is 10.8. The molecule has 0 bridgehead atoms. The van der Waals surface area contributed by atoms with Crippen LogP contribution in [0.2, 0.25) is 0 Å². The number of nitrogens with zero attached hydrogens (tertiary/aromatic N) is 2. The maximum atomic E-state index is 12.6. The molecule has 1 saturated heterocycles. The first-order valence-electron chi connectivity index (χ1n) is 9.40. The lowest BCUT2D eigenvalue weighted by Gasteiger charge is -2.31. The monoisotopic (exact) mass is 564 g/mol. The Labute approximate surface area is 192 Å². The van der Waals surface area contributed by atoms with Gasteiger partial charge in [-0.25, -0.2) is 8.42 Å². The molecule has 2 rings (SSSR count). The molecule has 2 N–H and O–H groups in total. The molecule has 1 aliphatic rings. The van der Waals surface area contributed by atoms with Crippen LogP contribution in [-0.2, 0) is 16.6 Å². The molecule has 0 aliphatic carbocycles. The van der Waals surface area contributed by atoms with Crippen molar-refractivity contribution in [1.82, 2.24) is 14.9 Å². The highest BCUT2D eigenvalue weighted by molar-refractivity contribution is 14.0. The van der Waals surface area contributed by atoms with Gasteiger partial charge in [-0.1, -0.05) is 12.1 Å². The summed E-state index contributed by atoms with van der Waals surface area (Å²) in [4.78, 5) is 4.14. The Balaban J connectivity index is 0.00000450. The number of halogens is 4. The van der Waals surface area contributed by atoms with Crippen LogP contribution < -0.4 is 15.4 Å². The van der Waals surface area contributed by atoms with Crippen molar-refractivity contribution in [2.75, 3.05) is 33.3 Å². The molecule has 0 saturated carbocycles.